The van der Waals surface area contributed by atoms with E-state index in [9.17, 15) is 14.4 Å². The number of nitrogens with one attached hydrogen (secondary N) is 1. The molecule has 0 aliphatic heterocycles. The zero-order valence-corrected chi connectivity index (χ0v) is 14.4. The normalized spacial score (nSPS) is 10.4. The van der Waals surface area contributed by atoms with Crippen molar-refractivity contribution in [3.05, 3.63) is 71.4 Å². The van der Waals surface area contributed by atoms with Crippen LogP contribution in [0.3, 0.4) is 0 Å². The van der Waals surface area contributed by atoms with E-state index in [1.165, 1.54) is 16.8 Å². The van der Waals surface area contributed by atoms with Gasteiger partial charge in [0.05, 0.1) is 11.4 Å². The summed E-state index contributed by atoms with van der Waals surface area (Å²) in [4.78, 5) is 15.9. The molecule has 0 fully saturated rings. The average molecular weight is 364 g/mol. The number of carbonyl (C=O) groups is 1. The van der Waals surface area contributed by atoms with Gasteiger partial charge in [-0.1, -0.05) is 0 Å². The largest absolute Gasteiger partial charge is 0.382 e. The predicted octanol–water partition coefficient (Wildman–Crippen LogP) is 2.22. The van der Waals surface area contributed by atoms with Gasteiger partial charge in [0, 0.05) is 24.5 Å². The Morgan fingerprint density at radius 1 is 1.22 bits per heavy atom. The molecule has 0 radical (unpaired) electrons. The van der Waals surface area contributed by atoms with E-state index in [4.69, 9.17) is 5.73 Å². The van der Waals surface area contributed by atoms with Crippen molar-refractivity contribution in [3.63, 3.8) is 0 Å². The molecule has 8 heteroatoms. The maximum atomic E-state index is 13.1. The monoisotopic (exact) mass is 364 g/mol. The first-order valence-electron chi connectivity index (χ1n) is 8.32. The van der Waals surface area contributed by atoms with Crippen LogP contribution in [0.5, 0.6) is 0 Å². The van der Waals surface area contributed by atoms with Crippen LogP contribution in [0, 0.1) is 17.1 Å². The molecule has 1 aromatic carbocycles. The van der Waals surface area contributed by atoms with Gasteiger partial charge in [0.2, 0.25) is 0 Å². The van der Waals surface area contributed by atoms with Gasteiger partial charge in [-0.25, -0.2) is 9.07 Å². The van der Waals surface area contributed by atoms with Crippen molar-refractivity contribution in [2.45, 2.75) is 12.8 Å². The number of hydrogen-bond donors (Lipinski definition) is 2. The molecule has 1 amide bonds. The predicted molar refractivity (Wildman–Crippen MR) is 97.5 cm³/mol. The molecule has 3 aromatic rings. The van der Waals surface area contributed by atoms with Gasteiger partial charge in [-0.05, 0) is 49.2 Å². The minimum absolute atomic E-state index is 0.186. The number of nitrogen functional groups attached to an aromatic ring is 1. The number of halogens is 1. The molecule has 0 aliphatic carbocycles. The molecule has 0 unspecified atom stereocenters. The second-order valence-electron chi connectivity index (χ2n) is 5.80. The molecule has 3 rings (SSSR count). The zero-order chi connectivity index (χ0) is 19.2. The molecule has 2 heterocycles. The van der Waals surface area contributed by atoms with Crippen LogP contribution in [0.2, 0.25) is 0 Å². The summed E-state index contributed by atoms with van der Waals surface area (Å²) >= 11 is 0. The Bertz CT molecular complexity index is 976. The summed E-state index contributed by atoms with van der Waals surface area (Å²) in [5.74, 6) is -0.343. The van der Waals surface area contributed by atoms with Gasteiger partial charge >= 0.3 is 0 Å². The van der Waals surface area contributed by atoms with Crippen LogP contribution in [-0.4, -0.2) is 27.2 Å². The second kappa shape index (κ2) is 8.10. The highest BCUT2D eigenvalue weighted by Crippen LogP contribution is 2.21. The fraction of sp³-hybridized carbons (Fsp3) is 0.158. The van der Waals surface area contributed by atoms with Crippen LogP contribution in [0.4, 0.5) is 10.2 Å². The van der Waals surface area contributed by atoms with Crippen molar-refractivity contribution in [2.24, 2.45) is 0 Å². The third-order valence-electron chi connectivity index (χ3n) is 4.00. The topological polar surface area (TPSA) is 110 Å². The average Bonchev–Trinajstić information content (AvgIpc) is 3.01. The summed E-state index contributed by atoms with van der Waals surface area (Å²) in [5, 5.41) is 16.6. The van der Waals surface area contributed by atoms with Crippen molar-refractivity contribution < 1.29 is 9.18 Å². The molecule has 136 valence electrons. The molecular formula is C19H17FN6O. The van der Waals surface area contributed by atoms with Gasteiger partial charge in [0.15, 0.2) is 0 Å². The van der Waals surface area contributed by atoms with E-state index in [1.54, 1.807) is 36.7 Å². The lowest BCUT2D eigenvalue weighted by Crippen LogP contribution is -2.24. The lowest BCUT2D eigenvalue weighted by molar-refractivity contribution is 0.0953. The molecule has 2 aromatic heterocycles. The first-order chi connectivity index (χ1) is 13.1. The zero-order valence-electron chi connectivity index (χ0n) is 14.4. The minimum Gasteiger partial charge on any atom is -0.382 e. The number of nitriles is 1. The third kappa shape index (κ3) is 4.10. The second-order valence-corrected chi connectivity index (χ2v) is 5.80. The van der Waals surface area contributed by atoms with Crippen LogP contribution in [0.1, 0.15) is 28.0 Å². The quantitative estimate of drug-likeness (QED) is 0.652. The minimum atomic E-state index is -0.366. The van der Waals surface area contributed by atoms with E-state index in [-0.39, 0.29) is 17.5 Å². The highest BCUT2D eigenvalue weighted by atomic mass is 19.1. The fourth-order valence-corrected chi connectivity index (χ4v) is 2.62. The van der Waals surface area contributed by atoms with Crippen LogP contribution in [0.15, 0.2) is 48.8 Å². The Morgan fingerprint density at radius 2 is 1.93 bits per heavy atom. The van der Waals surface area contributed by atoms with Crippen LogP contribution < -0.4 is 11.1 Å². The number of nitrogens with two attached hydrogens (primary N) is 1. The lowest BCUT2D eigenvalue weighted by Gasteiger charge is -2.04. The Kier molecular flexibility index (Phi) is 5.42. The number of carbonyl (C=O) groups excluding carboxylic acids is 1. The van der Waals surface area contributed by atoms with Crippen LogP contribution >= 0.6 is 0 Å². The highest BCUT2D eigenvalue weighted by molar-refractivity contribution is 5.93. The number of amides is 1. The van der Waals surface area contributed by atoms with E-state index >= 15 is 0 Å². The van der Waals surface area contributed by atoms with E-state index in [1.807, 2.05) is 0 Å². The molecule has 0 aliphatic rings. The molecule has 0 atom stereocenters. The summed E-state index contributed by atoms with van der Waals surface area (Å²) in [7, 11) is 0. The molecule has 0 saturated heterocycles. The van der Waals surface area contributed by atoms with Crippen LogP contribution in [0.25, 0.3) is 5.69 Å². The number of aromatic nitrogens is 3. The maximum absolute atomic E-state index is 13.1. The first kappa shape index (κ1) is 18.1. The number of aryl methyl sites for hydroxylation is 1. The van der Waals surface area contributed by atoms with Gasteiger partial charge in [0.1, 0.15) is 23.3 Å². The number of benzene rings is 1. The molecular weight excluding hydrogens is 347 g/mol. The number of rotatable bonds is 6. The third-order valence-corrected chi connectivity index (χ3v) is 4.00. The fourth-order valence-electron chi connectivity index (χ4n) is 2.62. The standard InChI is InChI=1S/C19H17FN6O/c20-14-3-5-15(6-4-14)26-18(22)16(12-21)17(25-26)2-1-9-24-19(27)13-7-10-23-11-8-13/h3-8,10-11H,1-2,9,22H2,(H,24,27). The van der Waals surface area contributed by atoms with Crippen molar-refractivity contribution in [2.75, 3.05) is 12.3 Å². The molecule has 7 nitrogen and oxygen atoms in total. The maximum Gasteiger partial charge on any atom is 0.251 e. The smallest absolute Gasteiger partial charge is 0.251 e. The number of nitrogens with zero attached hydrogens (tertiary/aromatic N) is 4. The summed E-state index contributed by atoms with van der Waals surface area (Å²) in [5.41, 5.74) is 7.96. The van der Waals surface area contributed by atoms with Crippen molar-refractivity contribution >= 4 is 11.7 Å². The number of pyridine rings is 1. The van der Waals surface area contributed by atoms with Crippen molar-refractivity contribution in [1.82, 2.24) is 20.1 Å². The Labute approximate surface area is 155 Å². The molecule has 0 saturated carbocycles. The highest BCUT2D eigenvalue weighted by Gasteiger charge is 2.16. The van der Waals surface area contributed by atoms with E-state index in [0.717, 1.165) is 0 Å². The summed E-state index contributed by atoms with van der Waals surface area (Å²) in [6.07, 6.45) is 4.17. The lowest BCUT2D eigenvalue weighted by atomic mass is 10.1. The van der Waals surface area contributed by atoms with Gasteiger partial charge < -0.3 is 11.1 Å². The molecule has 27 heavy (non-hydrogen) atoms. The summed E-state index contributed by atoms with van der Waals surface area (Å²) in [6.45, 7) is 0.426. The van der Waals surface area contributed by atoms with E-state index in [0.29, 0.717) is 41.9 Å². The van der Waals surface area contributed by atoms with Gasteiger partial charge in [0.25, 0.3) is 5.91 Å². The van der Waals surface area contributed by atoms with Crippen LogP contribution in [-0.2, 0) is 6.42 Å². The summed E-state index contributed by atoms with van der Waals surface area (Å²) < 4.78 is 14.5. The van der Waals surface area contributed by atoms with Crippen molar-refractivity contribution in [3.8, 4) is 11.8 Å². The number of anilines is 1. The summed E-state index contributed by atoms with van der Waals surface area (Å²) in [6, 6.07) is 11.0. The van der Waals surface area contributed by atoms with E-state index < -0.39 is 0 Å². The Morgan fingerprint density at radius 3 is 2.59 bits per heavy atom. The first-order valence-corrected chi connectivity index (χ1v) is 8.32. The van der Waals surface area contributed by atoms with E-state index in [2.05, 4.69) is 21.5 Å². The van der Waals surface area contributed by atoms with Gasteiger partial charge in [-0.2, -0.15) is 10.4 Å². The SMILES string of the molecule is N#Cc1c(CCCNC(=O)c2ccncc2)nn(-c2ccc(F)cc2)c1N. The molecule has 0 spiro atoms. The molecule has 3 N–H and O–H groups in total. The Hall–Kier alpha value is -3.73. The number of hydrogen-bond acceptors (Lipinski definition) is 5. The Balaban J connectivity index is 1.65. The van der Waals surface area contributed by atoms with Crippen molar-refractivity contribution in [1.29, 1.82) is 5.26 Å². The molecule has 0 bridgehead atoms. The van der Waals surface area contributed by atoms with Gasteiger partial charge in [-0.15, -0.1) is 0 Å². The van der Waals surface area contributed by atoms with Gasteiger partial charge in [-0.3, -0.25) is 9.78 Å².